The van der Waals surface area contributed by atoms with Crippen molar-refractivity contribution in [1.29, 1.82) is 0 Å². The van der Waals surface area contributed by atoms with E-state index in [9.17, 15) is 5.11 Å². The molecule has 0 saturated carbocycles. The first kappa shape index (κ1) is 13.0. The molecule has 1 aromatic carbocycles. The lowest BCUT2D eigenvalue weighted by Crippen LogP contribution is -2.28. The van der Waals surface area contributed by atoms with Gasteiger partial charge in [-0.1, -0.05) is 12.1 Å². The maximum absolute atomic E-state index is 9.23. The molecule has 2 unspecified atom stereocenters. The van der Waals surface area contributed by atoms with E-state index < -0.39 is 0 Å². The Balaban J connectivity index is 2.36. The average molecular weight is 223 g/mol. The molecule has 90 valence electrons. The largest absolute Gasteiger partial charge is 0.497 e. The first-order chi connectivity index (χ1) is 7.61. The van der Waals surface area contributed by atoms with Crippen molar-refractivity contribution in [3.63, 3.8) is 0 Å². The molecule has 1 aromatic rings. The zero-order chi connectivity index (χ0) is 12.0. The van der Waals surface area contributed by atoms with Crippen LogP contribution < -0.4 is 10.1 Å². The molecular formula is C13H21NO2. The Morgan fingerprint density at radius 3 is 2.38 bits per heavy atom. The highest BCUT2D eigenvalue weighted by Crippen LogP contribution is 2.11. The Morgan fingerprint density at radius 2 is 1.88 bits per heavy atom. The molecule has 0 radical (unpaired) electrons. The third-order valence-electron chi connectivity index (χ3n) is 2.51. The number of aliphatic hydroxyl groups excluding tert-OH is 1. The summed E-state index contributed by atoms with van der Waals surface area (Å²) in [5.41, 5.74) is 1.22. The number of benzene rings is 1. The monoisotopic (exact) mass is 223 g/mol. The normalized spacial score (nSPS) is 14.5. The third kappa shape index (κ3) is 4.64. The smallest absolute Gasteiger partial charge is 0.118 e. The van der Waals surface area contributed by atoms with Crippen molar-refractivity contribution in [3.8, 4) is 5.75 Å². The Morgan fingerprint density at radius 1 is 1.25 bits per heavy atom. The fraction of sp³-hybridized carbons (Fsp3) is 0.538. The molecule has 3 nitrogen and oxygen atoms in total. The van der Waals surface area contributed by atoms with E-state index >= 15 is 0 Å². The van der Waals surface area contributed by atoms with Crippen molar-refractivity contribution in [2.75, 3.05) is 7.11 Å². The van der Waals surface area contributed by atoms with Crippen LogP contribution in [-0.4, -0.2) is 24.4 Å². The van der Waals surface area contributed by atoms with Gasteiger partial charge in [0.2, 0.25) is 0 Å². The van der Waals surface area contributed by atoms with Crippen LogP contribution in [0.3, 0.4) is 0 Å². The van der Waals surface area contributed by atoms with Gasteiger partial charge in [-0.2, -0.15) is 0 Å². The van der Waals surface area contributed by atoms with Gasteiger partial charge in [-0.15, -0.1) is 0 Å². The number of hydrogen-bond acceptors (Lipinski definition) is 3. The Labute approximate surface area is 97.4 Å². The number of ether oxygens (including phenoxy) is 1. The van der Waals surface area contributed by atoms with Gasteiger partial charge in [0, 0.05) is 12.6 Å². The predicted octanol–water partition coefficient (Wildman–Crippen LogP) is 1.94. The van der Waals surface area contributed by atoms with Crippen LogP contribution in [0, 0.1) is 0 Å². The number of rotatable bonds is 6. The predicted molar refractivity (Wildman–Crippen MR) is 65.6 cm³/mol. The minimum absolute atomic E-state index is 0.252. The molecule has 16 heavy (non-hydrogen) atoms. The van der Waals surface area contributed by atoms with Crippen LogP contribution in [-0.2, 0) is 6.54 Å². The van der Waals surface area contributed by atoms with Crippen LogP contribution >= 0.6 is 0 Å². The molecule has 2 N–H and O–H groups in total. The van der Waals surface area contributed by atoms with Crippen LogP contribution in [0.4, 0.5) is 0 Å². The SMILES string of the molecule is COc1ccc(CNC(C)CC(C)O)cc1. The zero-order valence-corrected chi connectivity index (χ0v) is 10.2. The first-order valence-electron chi connectivity index (χ1n) is 5.66. The lowest BCUT2D eigenvalue weighted by Gasteiger charge is -2.15. The van der Waals surface area contributed by atoms with Crippen molar-refractivity contribution in [2.24, 2.45) is 0 Å². The third-order valence-corrected chi connectivity index (χ3v) is 2.51. The molecule has 0 heterocycles. The molecule has 0 bridgehead atoms. The number of nitrogens with one attached hydrogen (secondary N) is 1. The van der Waals surface area contributed by atoms with Crippen molar-refractivity contribution in [2.45, 2.75) is 39.0 Å². The summed E-state index contributed by atoms with van der Waals surface area (Å²) in [6, 6.07) is 8.32. The van der Waals surface area contributed by atoms with Gasteiger partial charge in [-0.05, 0) is 38.0 Å². The first-order valence-corrected chi connectivity index (χ1v) is 5.66. The molecule has 0 saturated heterocycles. The minimum Gasteiger partial charge on any atom is -0.497 e. The summed E-state index contributed by atoms with van der Waals surface area (Å²) in [5.74, 6) is 0.876. The second kappa shape index (κ2) is 6.51. The lowest BCUT2D eigenvalue weighted by atomic mass is 10.1. The van der Waals surface area contributed by atoms with Crippen molar-refractivity contribution >= 4 is 0 Å². The van der Waals surface area contributed by atoms with Gasteiger partial charge in [0.25, 0.3) is 0 Å². The van der Waals surface area contributed by atoms with Gasteiger partial charge in [0.1, 0.15) is 5.75 Å². The lowest BCUT2D eigenvalue weighted by molar-refractivity contribution is 0.170. The molecule has 0 spiro atoms. The Bertz CT molecular complexity index is 295. The van der Waals surface area contributed by atoms with E-state index in [0.29, 0.717) is 6.04 Å². The van der Waals surface area contributed by atoms with Crippen LogP contribution in [0.15, 0.2) is 24.3 Å². The maximum Gasteiger partial charge on any atom is 0.118 e. The summed E-state index contributed by atoms with van der Waals surface area (Å²) in [5, 5.41) is 12.6. The van der Waals surface area contributed by atoms with E-state index in [2.05, 4.69) is 12.2 Å². The second-order valence-electron chi connectivity index (χ2n) is 4.21. The van der Waals surface area contributed by atoms with Crippen LogP contribution in [0.2, 0.25) is 0 Å². The Hall–Kier alpha value is -1.06. The number of hydrogen-bond donors (Lipinski definition) is 2. The molecule has 0 aromatic heterocycles. The Kier molecular flexibility index (Phi) is 5.29. The maximum atomic E-state index is 9.23. The summed E-state index contributed by atoms with van der Waals surface area (Å²) >= 11 is 0. The highest BCUT2D eigenvalue weighted by Gasteiger charge is 2.05. The quantitative estimate of drug-likeness (QED) is 0.774. The summed E-state index contributed by atoms with van der Waals surface area (Å²) in [6.07, 6.45) is 0.522. The van der Waals surface area contributed by atoms with Crippen LogP contribution in [0.1, 0.15) is 25.8 Å². The molecule has 2 atom stereocenters. The molecule has 0 aliphatic carbocycles. The van der Waals surface area contributed by atoms with E-state index in [1.807, 2.05) is 31.2 Å². The van der Waals surface area contributed by atoms with Gasteiger partial charge in [0.15, 0.2) is 0 Å². The van der Waals surface area contributed by atoms with Gasteiger partial charge in [-0.25, -0.2) is 0 Å². The fourth-order valence-electron chi connectivity index (χ4n) is 1.63. The molecule has 0 aliphatic heterocycles. The van der Waals surface area contributed by atoms with Crippen LogP contribution in [0.5, 0.6) is 5.75 Å². The highest BCUT2D eigenvalue weighted by molar-refractivity contribution is 5.26. The summed E-state index contributed by atoms with van der Waals surface area (Å²) in [4.78, 5) is 0. The number of aliphatic hydroxyl groups is 1. The van der Waals surface area contributed by atoms with E-state index in [1.54, 1.807) is 7.11 Å². The van der Waals surface area contributed by atoms with E-state index in [4.69, 9.17) is 4.74 Å². The second-order valence-corrected chi connectivity index (χ2v) is 4.21. The zero-order valence-electron chi connectivity index (χ0n) is 10.2. The van der Waals surface area contributed by atoms with Crippen molar-refractivity contribution in [3.05, 3.63) is 29.8 Å². The average Bonchev–Trinajstić information content (AvgIpc) is 2.26. The molecule has 0 amide bonds. The summed E-state index contributed by atoms with van der Waals surface area (Å²) in [7, 11) is 1.66. The molecule has 0 fully saturated rings. The molecule has 0 aliphatic rings. The van der Waals surface area contributed by atoms with Gasteiger partial charge in [-0.3, -0.25) is 0 Å². The fourth-order valence-corrected chi connectivity index (χ4v) is 1.63. The van der Waals surface area contributed by atoms with Gasteiger partial charge < -0.3 is 15.2 Å². The standard InChI is InChI=1S/C13H21NO2/c1-10(8-11(2)15)14-9-12-4-6-13(16-3)7-5-12/h4-7,10-11,14-15H,8-9H2,1-3H3. The summed E-state index contributed by atoms with van der Waals surface area (Å²) < 4.78 is 5.09. The number of methoxy groups -OCH3 is 1. The molecular weight excluding hydrogens is 202 g/mol. The van der Waals surface area contributed by atoms with Crippen LogP contribution in [0.25, 0.3) is 0 Å². The van der Waals surface area contributed by atoms with Gasteiger partial charge in [0.05, 0.1) is 13.2 Å². The van der Waals surface area contributed by atoms with Crippen molar-refractivity contribution < 1.29 is 9.84 Å². The molecule has 1 rings (SSSR count). The topological polar surface area (TPSA) is 41.5 Å². The van der Waals surface area contributed by atoms with E-state index in [0.717, 1.165) is 18.7 Å². The highest BCUT2D eigenvalue weighted by atomic mass is 16.5. The van der Waals surface area contributed by atoms with E-state index in [-0.39, 0.29) is 6.10 Å². The summed E-state index contributed by atoms with van der Waals surface area (Å²) in [6.45, 7) is 4.71. The van der Waals surface area contributed by atoms with Crippen molar-refractivity contribution in [1.82, 2.24) is 5.32 Å². The van der Waals surface area contributed by atoms with Gasteiger partial charge >= 0.3 is 0 Å². The molecule has 3 heteroatoms. The minimum atomic E-state index is -0.252. The van der Waals surface area contributed by atoms with E-state index in [1.165, 1.54) is 5.56 Å².